The van der Waals surface area contributed by atoms with Gasteiger partial charge in [0.15, 0.2) is 0 Å². The van der Waals surface area contributed by atoms with E-state index in [4.69, 9.17) is 10.8 Å². The van der Waals surface area contributed by atoms with Crippen molar-refractivity contribution in [2.24, 2.45) is 5.73 Å². The van der Waals surface area contributed by atoms with Crippen LogP contribution in [0.2, 0.25) is 0 Å². The highest BCUT2D eigenvalue weighted by atomic mass is 32.3. The summed E-state index contributed by atoms with van der Waals surface area (Å²) in [5, 5.41) is 9.85. The number of hydrogen-bond donors (Lipinski definition) is 2. The van der Waals surface area contributed by atoms with Crippen LogP contribution in [0.5, 0.6) is 0 Å². The number of rotatable bonds is 10. The normalized spacial score (nSPS) is 13.9. The van der Waals surface area contributed by atoms with Crippen LogP contribution in [0.25, 0.3) is 0 Å². The van der Waals surface area contributed by atoms with Crippen molar-refractivity contribution in [3.8, 4) is 0 Å². The topological polar surface area (TPSA) is 135 Å². The van der Waals surface area contributed by atoms with E-state index < -0.39 is 32.1 Å². The molecular formula is C10H18N2O6S2. The molecule has 0 saturated carbocycles. The molecule has 0 saturated heterocycles. The van der Waals surface area contributed by atoms with Crippen LogP contribution in [0.3, 0.4) is 0 Å². The average molecular weight is 326 g/mol. The number of nitrogens with zero attached hydrogens (tertiary/aromatic N) is 1. The number of nitrogens with two attached hydrogens (primary N) is 1. The van der Waals surface area contributed by atoms with Crippen molar-refractivity contribution in [2.45, 2.75) is 25.3 Å². The lowest BCUT2D eigenvalue weighted by Gasteiger charge is -2.24. The zero-order valence-corrected chi connectivity index (χ0v) is 12.4. The Labute approximate surface area is 118 Å². The first kappa shape index (κ1) is 18.8. The predicted molar refractivity (Wildman–Crippen MR) is 74.4 cm³/mol. The first-order valence-corrected chi connectivity index (χ1v) is 8.62. The molecule has 0 aliphatic heterocycles. The number of carboxylic acid groups (broad SMARTS) is 1. The molecule has 20 heavy (non-hydrogen) atoms. The third kappa shape index (κ3) is 4.71. The van der Waals surface area contributed by atoms with E-state index in [9.17, 15) is 21.6 Å². The molecule has 0 amide bonds. The maximum atomic E-state index is 11.8. The molecule has 0 radical (unpaired) electrons. The van der Waals surface area contributed by atoms with E-state index in [1.165, 1.54) is 0 Å². The van der Waals surface area contributed by atoms with Crippen LogP contribution in [0.15, 0.2) is 24.0 Å². The second kappa shape index (κ2) is 7.53. The van der Waals surface area contributed by atoms with E-state index >= 15 is 0 Å². The summed E-state index contributed by atoms with van der Waals surface area (Å²) in [6.45, 7) is 6.28. The SMILES string of the molecule is C=CS(=O)(=O)N(C(CCCCN)C(=O)O)S(=O)(=O)C=C. The van der Waals surface area contributed by atoms with Crippen LogP contribution in [0, 0.1) is 0 Å². The molecule has 0 aliphatic rings. The number of unbranched alkanes of at least 4 members (excludes halogenated alkanes) is 1. The molecule has 0 aromatic carbocycles. The second-order valence-electron chi connectivity index (χ2n) is 3.79. The van der Waals surface area contributed by atoms with Gasteiger partial charge in [0.25, 0.3) is 0 Å². The smallest absolute Gasteiger partial charge is 0.323 e. The molecule has 10 heteroatoms. The molecule has 1 atom stereocenters. The number of hydrogen-bond acceptors (Lipinski definition) is 6. The van der Waals surface area contributed by atoms with Crippen LogP contribution in [0.1, 0.15) is 19.3 Å². The summed E-state index contributed by atoms with van der Waals surface area (Å²) in [7, 11) is -8.97. The summed E-state index contributed by atoms with van der Waals surface area (Å²) in [5.41, 5.74) is 5.26. The first-order chi connectivity index (χ1) is 9.14. The summed E-state index contributed by atoms with van der Waals surface area (Å²) >= 11 is 0. The maximum Gasteiger partial charge on any atom is 0.323 e. The van der Waals surface area contributed by atoms with Gasteiger partial charge in [-0.05, 0) is 25.8 Å². The quantitative estimate of drug-likeness (QED) is 0.531. The Morgan fingerprint density at radius 2 is 1.60 bits per heavy atom. The predicted octanol–water partition coefficient (Wildman–Crippen LogP) is -0.183. The van der Waals surface area contributed by atoms with Crippen molar-refractivity contribution in [3.05, 3.63) is 24.0 Å². The van der Waals surface area contributed by atoms with Crippen LogP contribution >= 0.6 is 0 Å². The fourth-order valence-electron chi connectivity index (χ4n) is 1.45. The monoisotopic (exact) mass is 326 g/mol. The molecule has 0 heterocycles. The largest absolute Gasteiger partial charge is 0.480 e. The highest BCUT2D eigenvalue weighted by molar-refractivity contribution is 8.06. The fraction of sp³-hybridized carbons (Fsp3) is 0.500. The number of carboxylic acids is 1. The number of sulfonamides is 2. The third-order valence-electron chi connectivity index (χ3n) is 2.39. The molecule has 116 valence electrons. The van der Waals surface area contributed by atoms with Crippen molar-refractivity contribution in [1.29, 1.82) is 0 Å². The Kier molecular flexibility index (Phi) is 7.06. The van der Waals surface area contributed by atoms with Gasteiger partial charge in [0.1, 0.15) is 6.04 Å². The van der Waals surface area contributed by atoms with Crippen LogP contribution in [0.4, 0.5) is 0 Å². The van der Waals surface area contributed by atoms with E-state index in [0.29, 0.717) is 17.2 Å². The van der Waals surface area contributed by atoms with Crippen molar-refractivity contribution in [3.63, 3.8) is 0 Å². The lowest BCUT2D eigenvalue weighted by Crippen LogP contribution is -2.46. The van der Waals surface area contributed by atoms with Gasteiger partial charge in [-0.15, -0.1) is 0 Å². The van der Waals surface area contributed by atoms with E-state index in [1.54, 1.807) is 0 Å². The Balaban J connectivity index is 5.75. The first-order valence-electron chi connectivity index (χ1n) is 5.61. The van der Waals surface area contributed by atoms with Gasteiger partial charge in [-0.25, -0.2) is 16.8 Å². The zero-order valence-electron chi connectivity index (χ0n) is 10.8. The Hall–Kier alpha value is -1.23. The van der Waals surface area contributed by atoms with E-state index in [0.717, 1.165) is 0 Å². The molecule has 0 rings (SSSR count). The summed E-state index contributed by atoms with van der Waals surface area (Å²) in [6, 6.07) is -1.76. The van der Waals surface area contributed by atoms with E-state index in [2.05, 4.69) is 13.2 Å². The van der Waals surface area contributed by atoms with Gasteiger partial charge in [0.2, 0.25) is 20.0 Å². The summed E-state index contributed by atoms with van der Waals surface area (Å²) in [5.74, 6) is -1.57. The highest BCUT2D eigenvalue weighted by Gasteiger charge is 2.40. The van der Waals surface area contributed by atoms with Gasteiger partial charge in [-0.3, -0.25) is 4.79 Å². The molecule has 3 N–H and O–H groups in total. The molecule has 8 nitrogen and oxygen atoms in total. The molecular weight excluding hydrogens is 308 g/mol. The van der Waals surface area contributed by atoms with Gasteiger partial charge in [-0.2, -0.15) is 0 Å². The van der Waals surface area contributed by atoms with Gasteiger partial charge in [0.05, 0.1) is 0 Å². The second-order valence-corrected chi connectivity index (χ2v) is 7.53. The van der Waals surface area contributed by atoms with Crippen molar-refractivity contribution >= 4 is 26.0 Å². The molecule has 0 aliphatic carbocycles. The van der Waals surface area contributed by atoms with Gasteiger partial charge in [0, 0.05) is 10.8 Å². The molecule has 0 aromatic heterocycles. The molecule has 0 fully saturated rings. The van der Waals surface area contributed by atoms with Gasteiger partial charge >= 0.3 is 5.97 Å². The Morgan fingerprint density at radius 3 is 1.90 bits per heavy atom. The van der Waals surface area contributed by atoms with E-state index in [-0.39, 0.29) is 23.1 Å². The number of carbonyl (C=O) groups is 1. The molecule has 0 aromatic rings. The van der Waals surface area contributed by atoms with Crippen molar-refractivity contribution in [1.82, 2.24) is 3.71 Å². The average Bonchev–Trinajstić information content (AvgIpc) is 2.37. The zero-order chi connectivity index (χ0) is 16.0. The summed E-state index contributed by atoms with van der Waals surface area (Å²) in [6.07, 6.45) is 0.524. The fourth-order valence-corrected chi connectivity index (χ4v) is 4.37. The lowest BCUT2D eigenvalue weighted by atomic mass is 10.1. The minimum absolute atomic E-state index is 0.0845. The molecule has 1 unspecified atom stereocenters. The minimum atomic E-state index is -4.49. The Morgan fingerprint density at radius 1 is 1.15 bits per heavy atom. The minimum Gasteiger partial charge on any atom is -0.480 e. The van der Waals surface area contributed by atoms with Crippen LogP contribution in [-0.2, 0) is 24.8 Å². The summed E-state index contributed by atoms with van der Waals surface area (Å²) in [4.78, 5) is 11.2. The van der Waals surface area contributed by atoms with Crippen molar-refractivity contribution in [2.75, 3.05) is 6.54 Å². The Bertz CT molecular complexity index is 529. The molecule has 0 spiro atoms. The highest BCUT2D eigenvalue weighted by Crippen LogP contribution is 2.20. The third-order valence-corrected chi connectivity index (χ3v) is 6.00. The standard InChI is InChI=1S/C10H18N2O6S2/c1-3-19(15,16)12(20(17,18)4-2)9(10(13)14)7-5-6-8-11/h3-4,9H,1-2,5-8,11H2,(H,13,14). The maximum absolute atomic E-state index is 11.8. The van der Waals surface area contributed by atoms with Crippen LogP contribution < -0.4 is 5.73 Å². The number of aliphatic carboxylic acids is 1. The lowest BCUT2D eigenvalue weighted by molar-refractivity contribution is -0.140. The molecule has 0 bridgehead atoms. The summed E-state index contributed by atoms with van der Waals surface area (Å²) < 4.78 is 47.0. The van der Waals surface area contributed by atoms with Crippen molar-refractivity contribution < 1.29 is 26.7 Å². The van der Waals surface area contributed by atoms with E-state index in [1.807, 2.05) is 0 Å². The van der Waals surface area contributed by atoms with Gasteiger partial charge in [-0.1, -0.05) is 16.9 Å². The van der Waals surface area contributed by atoms with Crippen LogP contribution in [-0.4, -0.2) is 44.2 Å². The van der Waals surface area contributed by atoms with Gasteiger partial charge < -0.3 is 10.8 Å².